The molecule has 1 aliphatic carbocycles. The molecule has 1 aromatic carbocycles. The molecule has 9 heteroatoms. The number of aliphatic hydroxyl groups is 1. The molecule has 1 saturated carbocycles. The highest BCUT2D eigenvalue weighted by Crippen LogP contribution is 2.30. The molecule has 0 atom stereocenters. The first-order chi connectivity index (χ1) is 16.0. The molecule has 0 saturated heterocycles. The quantitative estimate of drug-likeness (QED) is 0.505. The first-order valence-electron chi connectivity index (χ1n) is 11.2. The lowest BCUT2D eigenvalue weighted by Gasteiger charge is -2.26. The minimum absolute atomic E-state index is 0.0853. The molecular formula is C24H29N5O4. The van der Waals surface area contributed by atoms with E-state index in [0.717, 1.165) is 36.8 Å². The number of carbonyl (C=O) groups excluding carboxylic acids is 1. The van der Waals surface area contributed by atoms with E-state index < -0.39 is 5.91 Å². The van der Waals surface area contributed by atoms with Crippen LogP contribution in [0.5, 0.6) is 5.75 Å². The van der Waals surface area contributed by atoms with E-state index in [1.54, 1.807) is 19.4 Å². The predicted molar refractivity (Wildman–Crippen MR) is 126 cm³/mol. The third-order valence-corrected chi connectivity index (χ3v) is 6.11. The van der Waals surface area contributed by atoms with Crippen LogP contribution >= 0.6 is 0 Å². The molecule has 1 fully saturated rings. The molecule has 4 rings (SSSR count). The number of pyridine rings is 1. The second-order valence-corrected chi connectivity index (χ2v) is 8.28. The normalized spacial score (nSPS) is 14.3. The Labute approximate surface area is 191 Å². The minimum Gasteiger partial charge on any atom is -0.497 e. The summed E-state index contributed by atoms with van der Waals surface area (Å²) < 4.78 is 7.28. The number of aliphatic hydroxyl groups excluding tert-OH is 1. The van der Waals surface area contributed by atoms with Crippen LogP contribution in [0, 0.1) is 0 Å². The summed E-state index contributed by atoms with van der Waals surface area (Å²) in [5, 5.41) is 15.6. The van der Waals surface area contributed by atoms with Crippen LogP contribution < -0.4 is 20.8 Å². The predicted octanol–water partition coefficient (Wildman–Crippen LogP) is 2.77. The number of ether oxygens (including phenoxy) is 1. The number of rotatable bonds is 7. The summed E-state index contributed by atoms with van der Waals surface area (Å²) in [7, 11) is 3.10. The number of aromatic nitrogens is 3. The highest BCUT2D eigenvalue weighted by Gasteiger charge is 2.22. The lowest BCUT2D eigenvalue weighted by Crippen LogP contribution is -2.29. The Bertz CT molecular complexity index is 1200. The fourth-order valence-corrected chi connectivity index (χ4v) is 4.37. The van der Waals surface area contributed by atoms with Crippen LogP contribution in [-0.4, -0.2) is 39.7 Å². The summed E-state index contributed by atoms with van der Waals surface area (Å²) in [5.41, 5.74) is 1.91. The van der Waals surface area contributed by atoms with Gasteiger partial charge in [0.2, 0.25) is 11.4 Å². The lowest BCUT2D eigenvalue weighted by atomic mass is 9.95. The Balaban J connectivity index is 1.71. The number of hydrogen-bond acceptors (Lipinski definition) is 7. The third kappa shape index (κ3) is 4.83. The zero-order valence-electron chi connectivity index (χ0n) is 18.9. The summed E-state index contributed by atoms with van der Waals surface area (Å²) in [6, 6.07) is 5.71. The van der Waals surface area contributed by atoms with Gasteiger partial charge in [-0.25, -0.2) is 4.98 Å². The van der Waals surface area contributed by atoms with E-state index in [-0.39, 0.29) is 23.6 Å². The summed E-state index contributed by atoms with van der Waals surface area (Å²) in [6.07, 6.45) is 8.49. The number of hydrogen-bond donors (Lipinski definition) is 3. The molecule has 174 valence electrons. The highest BCUT2D eigenvalue weighted by atomic mass is 16.5. The van der Waals surface area contributed by atoms with Gasteiger partial charge in [-0.1, -0.05) is 25.3 Å². The minimum atomic E-state index is -0.411. The molecule has 1 amide bonds. The number of amides is 1. The highest BCUT2D eigenvalue weighted by molar-refractivity contribution is 5.96. The largest absolute Gasteiger partial charge is 0.497 e. The molecule has 0 unspecified atom stereocenters. The van der Waals surface area contributed by atoms with Crippen molar-refractivity contribution in [1.82, 2.24) is 19.9 Å². The number of nitrogens with one attached hydrogen (secondary N) is 2. The average molecular weight is 452 g/mol. The van der Waals surface area contributed by atoms with Crippen molar-refractivity contribution >= 4 is 22.9 Å². The second-order valence-electron chi connectivity index (χ2n) is 8.28. The van der Waals surface area contributed by atoms with Crippen molar-refractivity contribution in [3.8, 4) is 5.75 Å². The van der Waals surface area contributed by atoms with Gasteiger partial charge in [-0.3, -0.25) is 9.59 Å². The van der Waals surface area contributed by atoms with E-state index in [1.165, 1.54) is 19.7 Å². The first kappa shape index (κ1) is 22.7. The van der Waals surface area contributed by atoms with Gasteiger partial charge in [0.1, 0.15) is 17.0 Å². The van der Waals surface area contributed by atoms with Gasteiger partial charge in [-0.15, -0.1) is 0 Å². The fraction of sp³-hybridized carbons (Fsp3) is 0.417. The maximum atomic E-state index is 13.0. The Morgan fingerprint density at radius 3 is 2.67 bits per heavy atom. The summed E-state index contributed by atoms with van der Waals surface area (Å²) in [4.78, 5) is 34.3. The maximum Gasteiger partial charge on any atom is 0.256 e. The van der Waals surface area contributed by atoms with Gasteiger partial charge in [-0.05, 0) is 36.1 Å². The number of carbonyl (C=O) groups is 1. The Hall–Kier alpha value is -3.46. The zero-order valence-corrected chi connectivity index (χ0v) is 18.9. The first-order valence-corrected chi connectivity index (χ1v) is 11.2. The van der Waals surface area contributed by atoms with Crippen LogP contribution in [0.4, 0.5) is 5.95 Å². The van der Waals surface area contributed by atoms with Gasteiger partial charge < -0.3 is 25.0 Å². The van der Waals surface area contributed by atoms with Crippen molar-refractivity contribution in [2.45, 2.75) is 51.3 Å². The van der Waals surface area contributed by atoms with E-state index in [9.17, 15) is 14.7 Å². The van der Waals surface area contributed by atoms with Crippen LogP contribution in [0.2, 0.25) is 0 Å². The van der Waals surface area contributed by atoms with Gasteiger partial charge in [0.25, 0.3) is 5.91 Å². The molecule has 2 heterocycles. The van der Waals surface area contributed by atoms with Crippen LogP contribution in [0.1, 0.15) is 59.6 Å². The third-order valence-electron chi connectivity index (χ3n) is 6.11. The van der Waals surface area contributed by atoms with Crippen LogP contribution in [0.15, 0.2) is 35.4 Å². The standard InChI is InChI=1S/C24H29N5O4/c1-25-23(32)20-13-29(17-6-4-3-5-7-17)22-19(21(20)31)12-27-24(28-22)26-11-15-8-16(14-30)10-18(9-15)33-2/h8-10,12-13,17,30H,3-7,11,14H2,1-2H3,(H,25,32)(H,26,27,28). The fourth-order valence-electron chi connectivity index (χ4n) is 4.37. The van der Waals surface area contributed by atoms with Crippen molar-refractivity contribution in [2.75, 3.05) is 19.5 Å². The second kappa shape index (κ2) is 9.99. The number of benzene rings is 1. The number of nitrogens with zero attached hydrogens (tertiary/aromatic N) is 3. The van der Waals surface area contributed by atoms with E-state index >= 15 is 0 Å². The van der Waals surface area contributed by atoms with Crippen molar-refractivity contribution in [3.05, 3.63) is 57.5 Å². The Morgan fingerprint density at radius 1 is 1.21 bits per heavy atom. The molecule has 9 nitrogen and oxygen atoms in total. The average Bonchev–Trinajstić information content (AvgIpc) is 2.87. The number of anilines is 1. The Morgan fingerprint density at radius 2 is 1.97 bits per heavy atom. The SMILES string of the molecule is CNC(=O)c1cn(C2CCCCC2)c2nc(NCc3cc(CO)cc(OC)c3)ncc2c1=O. The molecule has 0 spiro atoms. The van der Waals surface area contributed by atoms with Crippen molar-refractivity contribution < 1.29 is 14.6 Å². The molecule has 2 aromatic heterocycles. The van der Waals surface area contributed by atoms with E-state index in [4.69, 9.17) is 4.74 Å². The van der Waals surface area contributed by atoms with E-state index in [1.807, 2.05) is 16.7 Å². The van der Waals surface area contributed by atoms with Crippen LogP contribution in [0.3, 0.4) is 0 Å². The van der Waals surface area contributed by atoms with E-state index in [0.29, 0.717) is 29.3 Å². The van der Waals surface area contributed by atoms with Crippen molar-refractivity contribution in [1.29, 1.82) is 0 Å². The molecule has 1 aliphatic rings. The van der Waals surface area contributed by atoms with Crippen LogP contribution in [0.25, 0.3) is 11.0 Å². The van der Waals surface area contributed by atoms with Crippen molar-refractivity contribution in [2.24, 2.45) is 0 Å². The van der Waals surface area contributed by atoms with Gasteiger partial charge in [0.05, 0.1) is 19.1 Å². The molecule has 0 radical (unpaired) electrons. The van der Waals surface area contributed by atoms with Gasteiger partial charge >= 0.3 is 0 Å². The molecular weight excluding hydrogens is 422 g/mol. The lowest BCUT2D eigenvalue weighted by molar-refractivity contribution is 0.0961. The molecule has 3 N–H and O–H groups in total. The maximum absolute atomic E-state index is 13.0. The van der Waals surface area contributed by atoms with E-state index in [2.05, 4.69) is 20.6 Å². The molecule has 3 aromatic rings. The molecule has 0 aliphatic heterocycles. The van der Waals surface area contributed by atoms with Gasteiger partial charge in [0.15, 0.2) is 0 Å². The molecule has 33 heavy (non-hydrogen) atoms. The number of methoxy groups -OCH3 is 1. The monoisotopic (exact) mass is 451 g/mol. The molecule has 0 bridgehead atoms. The van der Waals surface area contributed by atoms with Crippen LogP contribution in [-0.2, 0) is 13.2 Å². The topological polar surface area (TPSA) is 118 Å². The zero-order chi connectivity index (χ0) is 23.4. The summed E-state index contributed by atoms with van der Waals surface area (Å²) in [5.74, 6) is 0.629. The smallest absolute Gasteiger partial charge is 0.256 e. The Kier molecular flexibility index (Phi) is 6.88. The summed E-state index contributed by atoms with van der Waals surface area (Å²) in [6.45, 7) is 0.331. The number of fused-ring (bicyclic) bond motifs is 1. The van der Waals surface area contributed by atoms with Gasteiger partial charge in [-0.2, -0.15) is 4.98 Å². The summed E-state index contributed by atoms with van der Waals surface area (Å²) >= 11 is 0. The van der Waals surface area contributed by atoms with Crippen molar-refractivity contribution in [3.63, 3.8) is 0 Å². The van der Waals surface area contributed by atoms with Gasteiger partial charge in [0, 0.05) is 32.0 Å².